The van der Waals surface area contributed by atoms with Gasteiger partial charge in [0.15, 0.2) is 5.82 Å². The lowest BCUT2D eigenvalue weighted by molar-refractivity contribution is 0.102. The lowest BCUT2D eigenvalue weighted by Gasteiger charge is -2.11. The van der Waals surface area contributed by atoms with Gasteiger partial charge in [-0.1, -0.05) is 23.7 Å². The fourth-order valence-electron chi connectivity index (χ4n) is 3.58. The highest BCUT2D eigenvalue weighted by Crippen LogP contribution is 2.29. The minimum Gasteiger partial charge on any atom is -0.329 e. The van der Waals surface area contributed by atoms with E-state index < -0.39 is 5.91 Å². The quantitative estimate of drug-likeness (QED) is 0.424. The molecule has 4 heterocycles. The predicted molar refractivity (Wildman–Crippen MR) is 125 cm³/mol. The molecule has 0 unspecified atom stereocenters. The minimum atomic E-state index is -0.401. The zero-order chi connectivity index (χ0) is 22.9. The molecule has 1 aromatic carbocycles. The summed E-state index contributed by atoms with van der Waals surface area (Å²) in [4.78, 5) is 37.4. The summed E-state index contributed by atoms with van der Waals surface area (Å²) < 4.78 is 0. The molecule has 0 radical (unpaired) electrons. The number of fused-ring (bicyclic) bond motifs is 1. The lowest BCUT2D eigenvalue weighted by Crippen LogP contribution is -2.14. The number of aromatic nitrogens is 6. The molecular weight excluding hydrogens is 442 g/mol. The number of nitrogens with one attached hydrogen (secondary N) is 2. The van der Waals surface area contributed by atoms with Crippen LogP contribution >= 0.6 is 11.6 Å². The molecule has 0 spiro atoms. The number of halogens is 1. The molecule has 5 aromatic rings. The molecule has 33 heavy (non-hydrogen) atoms. The molecule has 0 aliphatic carbocycles. The van der Waals surface area contributed by atoms with Gasteiger partial charge in [-0.3, -0.25) is 14.6 Å². The Kier molecular flexibility index (Phi) is 5.15. The molecule has 0 bridgehead atoms. The number of pyridine rings is 3. The third-order valence-corrected chi connectivity index (χ3v) is 5.41. The second-order valence-corrected chi connectivity index (χ2v) is 7.67. The molecule has 0 fully saturated rings. The minimum absolute atomic E-state index is 0.155. The van der Waals surface area contributed by atoms with E-state index in [0.29, 0.717) is 16.9 Å². The molecule has 4 aromatic heterocycles. The first-order valence-electron chi connectivity index (χ1n) is 9.92. The number of H-pyrrole nitrogens is 1. The third-order valence-electron chi connectivity index (χ3n) is 5.14. The summed E-state index contributed by atoms with van der Waals surface area (Å²) in [7, 11) is 0. The molecule has 162 valence electrons. The van der Waals surface area contributed by atoms with E-state index in [9.17, 15) is 9.59 Å². The number of aromatic amines is 1. The predicted octanol–water partition coefficient (Wildman–Crippen LogP) is 3.78. The number of nitrogens with zero attached hydrogens (tertiary/aromatic N) is 5. The topological polar surface area (TPSA) is 118 Å². The van der Waals surface area contributed by atoms with Crippen LogP contribution in [0.5, 0.6) is 0 Å². The van der Waals surface area contributed by atoms with Gasteiger partial charge in [-0.15, -0.1) is 4.80 Å². The monoisotopic (exact) mass is 457 g/mol. The maximum atomic E-state index is 12.8. The van der Waals surface area contributed by atoms with Crippen LogP contribution in [0.25, 0.3) is 27.7 Å². The standard InChI is InChI=1S/C23H16ClN7O2/c1-13-9-20(23(33)30-14-10-19(24)21(27-11-14)31-28-7-8-29-31)26-12-18(13)15-3-2-4-17-16(15)5-6-25-22(17)32/h2-12H,1H3,(H,25,32)(H,30,33). The summed E-state index contributed by atoms with van der Waals surface area (Å²) in [6.45, 7) is 1.89. The fraction of sp³-hybridized carbons (Fsp3) is 0.0435. The molecule has 2 N–H and O–H groups in total. The van der Waals surface area contributed by atoms with Gasteiger partial charge < -0.3 is 10.3 Å². The molecule has 0 aliphatic heterocycles. The molecule has 0 atom stereocenters. The Balaban J connectivity index is 1.42. The van der Waals surface area contributed by atoms with Crippen molar-refractivity contribution in [2.45, 2.75) is 6.92 Å². The molecule has 9 nitrogen and oxygen atoms in total. The van der Waals surface area contributed by atoms with E-state index in [1.165, 1.54) is 23.4 Å². The van der Waals surface area contributed by atoms with Gasteiger partial charge in [-0.25, -0.2) is 4.98 Å². The van der Waals surface area contributed by atoms with Crippen molar-refractivity contribution in [2.75, 3.05) is 5.32 Å². The van der Waals surface area contributed by atoms with Crippen molar-refractivity contribution in [1.29, 1.82) is 0 Å². The summed E-state index contributed by atoms with van der Waals surface area (Å²) in [6, 6.07) is 10.6. The van der Waals surface area contributed by atoms with Crippen LogP contribution in [0.15, 0.2) is 72.2 Å². The largest absolute Gasteiger partial charge is 0.329 e. The molecule has 0 saturated heterocycles. The van der Waals surface area contributed by atoms with E-state index in [4.69, 9.17) is 11.6 Å². The normalized spacial score (nSPS) is 11.0. The number of benzene rings is 1. The van der Waals surface area contributed by atoms with Crippen molar-refractivity contribution in [1.82, 2.24) is 29.9 Å². The highest BCUT2D eigenvalue weighted by Gasteiger charge is 2.14. The molecule has 0 aliphatic rings. The van der Waals surface area contributed by atoms with Crippen molar-refractivity contribution in [2.24, 2.45) is 0 Å². The maximum Gasteiger partial charge on any atom is 0.274 e. The Hall–Kier alpha value is -4.37. The first-order chi connectivity index (χ1) is 16.0. The zero-order valence-corrected chi connectivity index (χ0v) is 18.0. The number of carbonyl (C=O) groups excluding carboxylic acids is 1. The first-order valence-corrected chi connectivity index (χ1v) is 10.3. The van der Waals surface area contributed by atoms with Gasteiger partial charge in [0.05, 0.1) is 29.3 Å². The van der Waals surface area contributed by atoms with Crippen LogP contribution in [0, 0.1) is 6.92 Å². The summed E-state index contributed by atoms with van der Waals surface area (Å²) in [5, 5.41) is 12.4. The van der Waals surface area contributed by atoms with Gasteiger partial charge in [-0.05, 0) is 47.7 Å². The Morgan fingerprint density at radius 3 is 2.61 bits per heavy atom. The number of anilines is 1. The maximum absolute atomic E-state index is 12.8. The Morgan fingerprint density at radius 2 is 1.85 bits per heavy atom. The van der Waals surface area contributed by atoms with Gasteiger partial charge in [0.2, 0.25) is 0 Å². The molecule has 0 saturated carbocycles. The smallest absolute Gasteiger partial charge is 0.274 e. The summed E-state index contributed by atoms with van der Waals surface area (Å²) in [6.07, 6.45) is 7.75. The van der Waals surface area contributed by atoms with Crippen LogP contribution in [0.1, 0.15) is 16.1 Å². The van der Waals surface area contributed by atoms with Crippen molar-refractivity contribution < 1.29 is 4.79 Å². The van der Waals surface area contributed by atoms with Crippen LogP contribution in [0.3, 0.4) is 0 Å². The van der Waals surface area contributed by atoms with Crippen LogP contribution in [0.4, 0.5) is 5.69 Å². The number of carbonyl (C=O) groups is 1. The van der Waals surface area contributed by atoms with E-state index in [0.717, 1.165) is 22.1 Å². The van der Waals surface area contributed by atoms with E-state index >= 15 is 0 Å². The second kappa shape index (κ2) is 8.29. The Morgan fingerprint density at radius 1 is 1.03 bits per heavy atom. The van der Waals surface area contributed by atoms with E-state index in [1.54, 1.807) is 30.6 Å². The lowest BCUT2D eigenvalue weighted by atomic mass is 9.97. The number of amides is 1. The molecular formula is C23H16ClN7O2. The van der Waals surface area contributed by atoms with Crippen LogP contribution in [-0.2, 0) is 0 Å². The SMILES string of the molecule is Cc1cc(C(=O)Nc2cnc(-n3nccn3)c(Cl)c2)ncc1-c1cccc2c(=O)[nH]ccc12. The van der Waals surface area contributed by atoms with Gasteiger partial charge in [0.25, 0.3) is 11.5 Å². The van der Waals surface area contributed by atoms with Crippen molar-refractivity contribution in [3.05, 3.63) is 94.0 Å². The van der Waals surface area contributed by atoms with Crippen molar-refractivity contribution in [3.8, 4) is 16.9 Å². The van der Waals surface area contributed by atoms with Gasteiger partial charge >= 0.3 is 0 Å². The first kappa shape index (κ1) is 20.5. The van der Waals surface area contributed by atoms with Crippen LogP contribution in [-0.4, -0.2) is 35.9 Å². The number of hydrogen-bond donors (Lipinski definition) is 2. The molecule has 10 heteroatoms. The zero-order valence-electron chi connectivity index (χ0n) is 17.3. The highest BCUT2D eigenvalue weighted by atomic mass is 35.5. The number of hydrogen-bond acceptors (Lipinski definition) is 6. The number of rotatable bonds is 4. The highest BCUT2D eigenvalue weighted by molar-refractivity contribution is 6.32. The van der Waals surface area contributed by atoms with Gasteiger partial charge in [-0.2, -0.15) is 10.2 Å². The second-order valence-electron chi connectivity index (χ2n) is 7.26. The van der Waals surface area contributed by atoms with E-state index in [-0.39, 0.29) is 16.3 Å². The van der Waals surface area contributed by atoms with Gasteiger partial charge in [0, 0.05) is 23.3 Å². The van der Waals surface area contributed by atoms with Crippen molar-refractivity contribution >= 4 is 34.0 Å². The third kappa shape index (κ3) is 3.85. The average molecular weight is 458 g/mol. The summed E-state index contributed by atoms with van der Waals surface area (Å²) in [5.41, 5.74) is 3.05. The van der Waals surface area contributed by atoms with Gasteiger partial charge in [0.1, 0.15) is 5.69 Å². The Bertz CT molecular complexity index is 1560. The van der Waals surface area contributed by atoms with E-state index in [1.807, 2.05) is 25.1 Å². The van der Waals surface area contributed by atoms with Crippen molar-refractivity contribution in [3.63, 3.8) is 0 Å². The Labute approximate surface area is 192 Å². The van der Waals surface area contributed by atoms with Crippen LogP contribution in [0.2, 0.25) is 5.02 Å². The molecule has 1 amide bonds. The van der Waals surface area contributed by atoms with Crippen LogP contribution < -0.4 is 10.9 Å². The molecule has 5 rings (SSSR count). The summed E-state index contributed by atoms with van der Waals surface area (Å²) >= 11 is 6.27. The average Bonchev–Trinajstić information content (AvgIpc) is 3.34. The number of aryl methyl sites for hydroxylation is 1. The van der Waals surface area contributed by atoms with E-state index in [2.05, 4.69) is 30.5 Å². The fourth-order valence-corrected chi connectivity index (χ4v) is 3.83. The summed E-state index contributed by atoms with van der Waals surface area (Å²) in [5.74, 6) is -0.0474.